The number of hydrogen-bond acceptors (Lipinski definition) is 4. The van der Waals surface area contributed by atoms with E-state index in [1.807, 2.05) is 19.1 Å². The van der Waals surface area contributed by atoms with Crippen LogP contribution in [0.15, 0.2) is 77.7 Å². The van der Waals surface area contributed by atoms with E-state index in [-0.39, 0.29) is 17.5 Å². The number of amides is 1. The van der Waals surface area contributed by atoms with E-state index in [2.05, 4.69) is 29.3 Å². The smallest absolute Gasteiger partial charge is 0.264 e. The van der Waals surface area contributed by atoms with E-state index in [1.165, 1.54) is 30.7 Å². The number of piperidine rings is 1. The Hall–Kier alpha value is -3.03. The van der Waals surface area contributed by atoms with Crippen LogP contribution >= 0.6 is 11.6 Å². The topological polar surface area (TPSA) is 69.7 Å². The SMILES string of the molecule is Cc1ccc(Cl)cc1N(CC(=O)NC(C)c1ccc(N2CCC(C)CC2)cc1)S(=O)(=O)c1ccccc1. The fourth-order valence-corrected chi connectivity index (χ4v) is 6.28. The van der Waals surface area contributed by atoms with Crippen LogP contribution in [0.2, 0.25) is 5.02 Å². The van der Waals surface area contributed by atoms with Gasteiger partial charge in [0.05, 0.1) is 16.6 Å². The van der Waals surface area contributed by atoms with Crippen molar-refractivity contribution in [2.24, 2.45) is 5.92 Å². The third-order valence-electron chi connectivity index (χ3n) is 6.98. The van der Waals surface area contributed by atoms with Crippen molar-refractivity contribution in [3.8, 4) is 0 Å². The number of anilines is 2. The van der Waals surface area contributed by atoms with Crippen molar-refractivity contribution in [3.05, 3.63) is 88.9 Å². The van der Waals surface area contributed by atoms with Gasteiger partial charge in [0.15, 0.2) is 0 Å². The highest BCUT2D eigenvalue weighted by Crippen LogP contribution is 2.30. The Labute approximate surface area is 225 Å². The van der Waals surface area contributed by atoms with Crippen LogP contribution in [0, 0.1) is 12.8 Å². The lowest BCUT2D eigenvalue weighted by Crippen LogP contribution is -2.42. The van der Waals surface area contributed by atoms with Crippen molar-refractivity contribution < 1.29 is 13.2 Å². The average molecular weight is 540 g/mol. The van der Waals surface area contributed by atoms with Gasteiger partial charge in [0.1, 0.15) is 6.54 Å². The van der Waals surface area contributed by atoms with Crippen LogP contribution in [0.25, 0.3) is 0 Å². The van der Waals surface area contributed by atoms with Crippen molar-refractivity contribution in [3.63, 3.8) is 0 Å². The molecule has 1 aliphatic heterocycles. The maximum atomic E-state index is 13.6. The maximum Gasteiger partial charge on any atom is 0.264 e. The van der Waals surface area contributed by atoms with Gasteiger partial charge in [0.25, 0.3) is 10.0 Å². The minimum Gasteiger partial charge on any atom is -0.372 e. The number of halogens is 1. The summed E-state index contributed by atoms with van der Waals surface area (Å²) in [5, 5.41) is 3.36. The monoisotopic (exact) mass is 539 g/mol. The molecule has 3 aromatic rings. The van der Waals surface area contributed by atoms with E-state index in [4.69, 9.17) is 11.6 Å². The number of aryl methyl sites for hydroxylation is 1. The molecule has 3 aromatic carbocycles. The largest absolute Gasteiger partial charge is 0.372 e. The second kappa shape index (κ2) is 11.6. The summed E-state index contributed by atoms with van der Waals surface area (Å²) in [5.74, 6) is 0.368. The number of nitrogens with one attached hydrogen (secondary N) is 1. The minimum atomic E-state index is -4.00. The highest BCUT2D eigenvalue weighted by molar-refractivity contribution is 7.92. The normalized spacial score (nSPS) is 15.3. The highest BCUT2D eigenvalue weighted by Gasteiger charge is 2.29. The maximum absolute atomic E-state index is 13.6. The van der Waals surface area contributed by atoms with Crippen LogP contribution in [-0.4, -0.2) is 34.0 Å². The fourth-order valence-electron chi connectivity index (χ4n) is 4.61. The van der Waals surface area contributed by atoms with Gasteiger partial charge in [0, 0.05) is 23.8 Å². The number of carbonyl (C=O) groups is 1. The van der Waals surface area contributed by atoms with Crippen molar-refractivity contribution in [1.82, 2.24) is 5.32 Å². The van der Waals surface area contributed by atoms with E-state index < -0.39 is 15.9 Å². The van der Waals surface area contributed by atoms with Gasteiger partial charge in [-0.25, -0.2) is 8.42 Å². The lowest BCUT2D eigenvalue weighted by molar-refractivity contribution is -0.120. The Balaban J connectivity index is 1.51. The van der Waals surface area contributed by atoms with Gasteiger partial charge in [-0.05, 0) is 80.1 Å². The van der Waals surface area contributed by atoms with E-state index in [9.17, 15) is 13.2 Å². The zero-order valence-corrected chi connectivity index (χ0v) is 23.1. The second-order valence-corrected chi connectivity index (χ2v) is 12.1. The molecular weight excluding hydrogens is 506 g/mol. The van der Waals surface area contributed by atoms with Crippen LogP contribution in [0.5, 0.6) is 0 Å². The van der Waals surface area contributed by atoms with Gasteiger partial charge in [0.2, 0.25) is 5.91 Å². The van der Waals surface area contributed by atoms with Gasteiger partial charge in [-0.3, -0.25) is 9.10 Å². The third kappa shape index (κ3) is 6.46. The van der Waals surface area contributed by atoms with Crippen molar-refractivity contribution in [2.45, 2.75) is 44.6 Å². The molecule has 1 fully saturated rings. The van der Waals surface area contributed by atoms with Crippen LogP contribution in [0.4, 0.5) is 11.4 Å². The number of hydrogen-bond donors (Lipinski definition) is 1. The van der Waals surface area contributed by atoms with Crippen molar-refractivity contribution in [2.75, 3.05) is 28.8 Å². The van der Waals surface area contributed by atoms with Gasteiger partial charge in [-0.15, -0.1) is 0 Å². The summed E-state index contributed by atoms with van der Waals surface area (Å²) in [4.78, 5) is 15.7. The molecule has 37 heavy (non-hydrogen) atoms. The molecule has 0 saturated carbocycles. The van der Waals surface area contributed by atoms with Crippen molar-refractivity contribution in [1.29, 1.82) is 0 Å². The number of rotatable bonds is 8. The van der Waals surface area contributed by atoms with Crippen LogP contribution in [0.3, 0.4) is 0 Å². The molecule has 1 saturated heterocycles. The van der Waals surface area contributed by atoms with E-state index in [0.29, 0.717) is 16.3 Å². The lowest BCUT2D eigenvalue weighted by Gasteiger charge is -2.32. The standard InChI is InChI=1S/C29H34ClN3O3S/c1-21-15-17-32(18-16-21)26-13-10-24(11-14-26)23(3)31-29(34)20-33(28-19-25(30)12-9-22(28)2)37(35,36)27-7-5-4-6-8-27/h4-14,19,21,23H,15-18,20H2,1-3H3,(H,31,34). The Morgan fingerprint density at radius 1 is 1.05 bits per heavy atom. The quantitative estimate of drug-likeness (QED) is 0.383. The Morgan fingerprint density at radius 3 is 2.35 bits per heavy atom. The summed E-state index contributed by atoms with van der Waals surface area (Å²) in [6.07, 6.45) is 2.39. The molecule has 4 rings (SSSR count). The van der Waals surface area contributed by atoms with E-state index in [0.717, 1.165) is 28.9 Å². The highest BCUT2D eigenvalue weighted by atomic mass is 35.5. The molecule has 0 aromatic heterocycles. The molecule has 1 aliphatic rings. The molecule has 1 atom stereocenters. The van der Waals surface area contributed by atoms with E-state index in [1.54, 1.807) is 43.3 Å². The summed E-state index contributed by atoms with van der Waals surface area (Å²) < 4.78 is 28.3. The number of nitrogens with zero attached hydrogens (tertiary/aromatic N) is 2. The molecule has 0 aliphatic carbocycles. The van der Waals surface area contributed by atoms with Gasteiger partial charge >= 0.3 is 0 Å². The zero-order valence-electron chi connectivity index (χ0n) is 21.5. The van der Waals surface area contributed by atoms with Crippen LogP contribution in [0.1, 0.15) is 43.9 Å². The first-order valence-electron chi connectivity index (χ1n) is 12.6. The van der Waals surface area contributed by atoms with E-state index >= 15 is 0 Å². The average Bonchev–Trinajstić information content (AvgIpc) is 2.90. The molecule has 1 N–H and O–H groups in total. The summed E-state index contributed by atoms with van der Waals surface area (Å²) in [5.41, 5.74) is 3.22. The molecule has 0 bridgehead atoms. The molecule has 8 heteroatoms. The summed E-state index contributed by atoms with van der Waals surface area (Å²) in [7, 11) is -4.00. The van der Waals surface area contributed by atoms with Gasteiger partial charge in [-0.1, -0.05) is 54.9 Å². The first-order valence-corrected chi connectivity index (χ1v) is 14.4. The Kier molecular flexibility index (Phi) is 8.45. The predicted molar refractivity (Wildman–Crippen MR) is 151 cm³/mol. The molecular formula is C29H34ClN3O3S. The summed E-state index contributed by atoms with van der Waals surface area (Å²) >= 11 is 6.21. The molecule has 1 heterocycles. The first-order chi connectivity index (χ1) is 17.6. The number of benzene rings is 3. The molecule has 0 spiro atoms. The third-order valence-corrected chi connectivity index (χ3v) is 8.99. The van der Waals surface area contributed by atoms with Crippen LogP contribution < -0.4 is 14.5 Å². The summed E-state index contributed by atoms with van der Waals surface area (Å²) in [6, 6.07) is 21.1. The zero-order chi connectivity index (χ0) is 26.6. The fraction of sp³-hybridized carbons (Fsp3) is 0.345. The second-order valence-electron chi connectivity index (χ2n) is 9.81. The Morgan fingerprint density at radius 2 is 1.70 bits per heavy atom. The summed E-state index contributed by atoms with van der Waals surface area (Å²) in [6.45, 7) is 7.74. The lowest BCUT2D eigenvalue weighted by atomic mass is 9.98. The molecule has 0 radical (unpaired) electrons. The molecule has 1 amide bonds. The molecule has 6 nitrogen and oxygen atoms in total. The minimum absolute atomic E-state index is 0.109. The predicted octanol–water partition coefficient (Wildman–Crippen LogP) is 5.96. The number of carbonyl (C=O) groups excluding carboxylic acids is 1. The number of sulfonamides is 1. The van der Waals surface area contributed by atoms with Gasteiger partial charge in [-0.2, -0.15) is 0 Å². The molecule has 1 unspecified atom stereocenters. The van der Waals surface area contributed by atoms with Crippen LogP contribution in [-0.2, 0) is 14.8 Å². The first kappa shape index (κ1) is 27.0. The van der Waals surface area contributed by atoms with Gasteiger partial charge < -0.3 is 10.2 Å². The van der Waals surface area contributed by atoms with Crippen molar-refractivity contribution >= 4 is 38.9 Å². The Bertz CT molecular complexity index is 1320. The molecule has 196 valence electrons.